The van der Waals surface area contributed by atoms with Crippen molar-refractivity contribution in [2.45, 2.75) is 33.9 Å². The number of H-pyrrole nitrogens is 1. The summed E-state index contributed by atoms with van der Waals surface area (Å²) in [5.74, 6) is 0.606. The van der Waals surface area contributed by atoms with Crippen molar-refractivity contribution in [2.75, 3.05) is 0 Å². The van der Waals surface area contributed by atoms with Gasteiger partial charge in [0.2, 0.25) is 0 Å². The van der Waals surface area contributed by atoms with E-state index < -0.39 is 0 Å². The van der Waals surface area contributed by atoms with Gasteiger partial charge in [-0.05, 0) is 45.1 Å². The zero-order valence-corrected chi connectivity index (χ0v) is 11.5. The van der Waals surface area contributed by atoms with Crippen LogP contribution in [0, 0.1) is 11.7 Å². The quantitative estimate of drug-likeness (QED) is 0.864. The summed E-state index contributed by atoms with van der Waals surface area (Å²) in [4.78, 5) is 12.4. The maximum absolute atomic E-state index is 12.4. The molecule has 0 unspecified atom stereocenters. The summed E-state index contributed by atoms with van der Waals surface area (Å²) in [7, 11) is 0. The highest BCUT2D eigenvalue weighted by Crippen LogP contribution is 2.13. The first-order chi connectivity index (χ1) is 8.60. The number of aryl methyl sites for hydroxylation is 1. The molecule has 0 saturated heterocycles. The molecule has 2 rings (SSSR count). The Bertz CT molecular complexity index is 680. The lowest BCUT2D eigenvalue weighted by Crippen LogP contribution is -2.23. The van der Waals surface area contributed by atoms with Crippen molar-refractivity contribution in [3.63, 3.8) is 0 Å². The topological polar surface area (TPSA) is 55.6 Å². The second-order valence-electron chi connectivity index (χ2n) is 4.03. The molecule has 0 saturated carbocycles. The Balaban J connectivity index is 2.72. The molecule has 0 fully saturated rings. The molecule has 1 N–H and O–H groups in total. The normalized spacial score (nSPS) is 10.8. The first-order valence-electron chi connectivity index (χ1n) is 5.96. The number of hydrogen-bond acceptors (Lipinski definition) is 3. The van der Waals surface area contributed by atoms with Crippen LogP contribution in [-0.4, -0.2) is 19.3 Å². The van der Waals surface area contributed by atoms with Gasteiger partial charge in [-0.15, -0.1) is 0 Å². The van der Waals surface area contributed by atoms with E-state index in [-0.39, 0.29) is 5.56 Å². The third-order valence-electron chi connectivity index (χ3n) is 3.02. The molecule has 18 heavy (non-hydrogen) atoms. The van der Waals surface area contributed by atoms with E-state index in [1.807, 2.05) is 31.4 Å². The van der Waals surface area contributed by atoms with Gasteiger partial charge in [0, 0.05) is 18.8 Å². The lowest BCUT2D eigenvalue weighted by Gasteiger charge is -2.09. The number of hydrogen-bond donors (Lipinski definition) is 1. The van der Waals surface area contributed by atoms with E-state index in [1.165, 1.54) is 0 Å². The molecule has 0 aromatic carbocycles. The number of nitrogens with one attached hydrogen (secondary N) is 1. The van der Waals surface area contributed by atoms with E-state index in [4.69, 9.17) is 12.2 Å². The molecule has 2 aromatic heterocycles. The number of aromatic nitrogens is 4. The smallest absolute Gasteiger partial charge is 0.261 e. The van der Waals surface area contributed by atoms with Crippen molar-refractivity contribution < 1.29 is 0 Å². The van der Waals surface area contributed by atoms with Gasteiger partial charge in [-0.3, -0.25) is 9.89 Å². The highest BCUT2D eigenvalue weighted by molar-refractivity contribution is 7.71. The Kier molecular flexibility index (Phi) is 3.47. The van der Waals surface area contributed by atoms with Gasteiger partial charge in [0.25, 0.3) is 5.56 Å². The minimum absolute atomic E-state index is 0.0267. The molecule has 0 spiro atoms. The Labute approximate surface area is 110 Å². The van der Waals surface area contributed by atoms with Crippen LogP contribution in [-0.2, 0) is 13.1 Å². The van der Waals surface area contributed by atoms with Gasteiger partial charge in [-0.2, -0.15) is 5.10 Å². The average molecular weight is 264 g/mol. The summed E-state index contributed by atoms with van der Waals surface area (Å²) in [6, 6.07) is 3.74. The van der Waals surface area contributed by atoms with Crippen molar-refractivity contribution in [1.82, 2.24) is 19.3 Å². The lowest BCUT2D eigenvalue weighted by atomic mass is 10.2. The molecule has 0 atom stereocenters. The van der Waals surface area contributed by atoms with Crippen molar-refractivity contribution in [3.05, 3.63) is 33.0 Å². The maximum Gasteiger partial charge on any atom is 0.261 e. The summed E-state index contributed by atoms with van der Waals surface area (Å²) in [5.41, 5.74) is 1.50. The molecule has 0 bridgehead atoms. The van der Waals surface area contributed by atoms with Gasteiger partial charge >= 0.3 is 0 Å². The minimum Gasteiger partial charge on any atom is -0.313 e. The summed E-state index contributed by atoms with van der Waals surface area (Å²) < 4.78 is 4.09. The first-order valence-corrected chi connectivity index (χ1v) is 6.37. The molecular formula is C12H16N4OS. The second kappa shape index (κ2) is 4.89. The fourth-order valence-electron chi connectivity index (χ4n) is 2.05. The van der Waals surface area contributed by atoms with Crippen LogP contribution in [0.25, 0.3) is 11.4 Å². The molecule has 0 amide bonds. The van der Waals surface area contributed by atoms with Crippen LogP contribution >= 0.6 is 12.2 Å². The van der Waals surface area contributed by atoms with Crippen LogP contribution in [0.3, 0.4) is 0 Å². The van der Waals surface area contributed by atoms with Crippen molar-refractivity contribution in [3.8, 4) is 11.4 Å². The van der Waals surface area contributed by atoms with Crippen LogP contribution in [0.15, 0.2) is 16.9 Å². The number of nitrogens with zero attached hydrogens (tertiary/aromatic N) is 3. The van der Waals surface area contributed by atoms with Crippen LogP contribution in [0.2, 0.25) is 0 Å². The predicted octanol–water partition coefficient (Wildman–Crippen LogP) is 2.12. The Hall–Kier alpha value is -1.69. The van der Waals surface area contributed by atoms with Crippen LogP contribution in [0.5, 0.6) is 0 Å². The molecule has 2 heterocycles. The van der Waals surface area contributed by atoms with Gasteiger partial charge in [0.05, 0.1) is 5.56 Å². The van der Waals surface area contributed by atoms with Gasteiger partial charge in [-0.25, -0.2) is 0 Å². The fourth-order valence-corrected chi connectivity index (χ4v) is 2.31. The second-order valence-corrected chi connectivity index (χ2v) is 4.42. The van der Waals surface area contributed by atoms with Crippen LogP contribution in [0.4, 0.5) is 0 Å². The van der Waals surface area contributed by atoms with E-state index >= 15 is 0 Å². The van der Waals surface area contributed by atoms with Crippen molar-refractivity contribution in [2.24, 2.45) is 0 Å². The molecule has 0 aliphatic carbocycles. The maximum atomic E-state index is 12.4. The Morgan fingerprint density at radius 3 is 2.56 bits per heavy atom. The average Bonchev–Trinajstić information content (AvgIpc) is 2.71. The fraction of sp³-hybridized carbons (Fsp3) is 0.417. The molecular weight excluding hydrogens is 248 g/mol. The third-order valence-corrected chi connectivity index (χ3v) is 3.34. The third kappa shape index (κ3) is 1.92. The van der Waals surface area contributed by atoms with Crippen molar-refractivity contribution >= 4 is 12.2 Å². The molecule has 5 nitrogen and oxygen atoms in total. The summed E-state index contributed by atoms with van der Waals surface area (Å²) in [5, 5.41) is 6.89. The highest BCUT2D eigenvalue weighted by atomic mass is 32.1. The van der Waals surface area contributed by atoms with Crippen LogP contribution < -0.4 is 5.56 Å². The van der Waals surface area contributed by atoms with Crippen LogP contribution in [0.1, 0.15) is 19.5 Å². The lowest BCUT2D eigenvalue weighted by molar-refractivity contribution is 0.697. The SMILES string of the molecule is CCn1c(-c2ccc(C)n(CC)c2=O)n[nH]c1=S. The molecule has 96 valence electrons. The summed E-state index contributed by atoms with van der Waals surface area (Å²) >= 11 is 5.14. The summed E-state index contributed by atoms with van der Waals surface area (Å²) in [6.45, 7) is 7.18. The molecule has 2 aromatic rings. The first kappa shape index (κ1) is 12.8. The largest absolute Gasteiger partial charge is 0.313 e. The van der Waals surface area contributed by atoms with E-state index in [1.54, 1.807) is 10.6 Å². The Morgan fingerprint density at radius 1 is 1.28 bits per heavy atom. The number of aromatic amines is 1. The summed E-state index contributed by atoms with van der Waals surface area (Å²) in [6.07, 6.45) is 0. The van der Waals surface area contributed by atoms with Gasteiger partial charge < -0.3 is 9.13 Å². The van der Waals surface area contributed by atoms with E-state index in [0.717, 1.165) is 5.69 Å². The molecule has 0 aliphatic rings. The Morgan fingerprint density at radius 2 is 1.94 bits per heavy atom. The highest BCUT2D eigenvalue weighted by Gasteiger charge is 2.13. The van der Waals surface area contributed by atoms with E-state index in [2.05, 4.69) is 10.2 Å². The van der Waals surface area contributed by atoms with Crippen molar-refractivity contribution in [1.29, 1.82) is 0 Å². The monoisotopic (exact) mass is 264 g/mol. The van der Waals surface area contributed by atoms with Gasteiger partial charge in [0.15, 0.2) is 10.6 Å². The zero-order valence-electron chi connectivity index (χ0n) is 10.7. The minimum atomic E-state index is -0.0267. The predicted molar refractivity (Wildman–Crippen MR) is 73.2 cm³/mol. The zero-order chi connectivity index (χ0) is 13.3. The molecule has 6 heteroatoms. The van der Waals surface area contributed by atoms with E-state index in [0.29, 0.717) is 29.2 Å². The van der Waals surface area contributed by atoms with E-state index in [9.17, 15) is 4.79 Å². The van der Waals surface area contributed by atoms with Gasteiger partial charge in [0.1, 0.15) is 0 Å². The van der Waals surface area contributed by atoms with Gasteiger partial charge in [-0.1, -0.05) is 0 Å². The number of rotatable bonds is 3. The molecule has 0 aliphatic heterocycles. The molecule has 0 radical (unpaired) electrons. The number of pyridine rings is 1. The standard InChI is InChI=1S/C12H16N4OS/c1-4-15-8(3)6-7-9(11(15)17)10-13-14-12(18)16(10)5-2/h6-7H,4-5H2,1-3H3,(H,14,18).